The fourth-order valence-electron chi connectivity index (χ4n) is 2.92. The maximum absolute atomic E-state index is 13.0. The summed E-state index contributed by atoms with van der Waals surface area (Å²) in [6.45, 7) is 9.18. The number of amides is 1. The van der Waals surface area contributed by atoms with Crippen LogP contribution in [0.2, 0.25) is 0 Å². The van der Waals surface area contributed by atoms with Crippen LogP contribution in [0.3, 0.4) is 0 Å². The second-order valence-corrected chi connectivity index (χ2v) is 8.91. The second kappa shape index (κ2) is 8.83. The maximum Gasteiger partial charge on any atom is 0.243 e. The lowest BCUT2D eigenvalue weighted by atomic mass is 10.1. The Hall–Kier alpha value is -1.64. The van der Waals surface area contributed by atoms with Crippen LogP contribution < -0.4 is 10.1 Å². The SMILES string of the molecule is COc1ccc(S(=O)(=O)N2CCN(CCC(C)C)CC2)cc1NC(C)=O. The van der Waals surface area contributed by atoms with Gasteiger partial charge in [-0.3, -0.25) is 4.79 Å². The van der Waals surface area contributed by atoms with Crippen molar-refractivity contribution in [3.63, 3.8) is 0 Å². The molecule has 146 valence electrons. The van der Waals surface area contributed by atoms with Crippen molar-refractivity contribution >= 4 is 21.6 Å². The summed E-state index contributed by atoms with van der Waals surface area (Å²) >= 11 is 0. The van der Waals surface area contributed by atoms with Crippen LogP contribution >= 0.6 is 0 Å². The first kappa shape index (κ1) is 20.7. The number of rotatable bonds is 7. The van der Waals surface area contributed by atoms with Crippen LogP contribution in [0.25, 0.3) is 0 Å². The van der Waals surface area contributed by atoms with Crippen LogP contribution in [0.15, 0.2) is 23.1 Å². The molecule has 1 aliphatic rings. The number of anilines is 1. The predicted octanol–water partition coefficient (Wildman–Crippen LogP) is 2.01. The van der Waals surface area contributed by atoms with E-state index in [1.165, 1.54) is 30.5 Å². The Kier molecular flexibility index (Phi) is 7.02. The number of hydrogen-bond acceptors (Lipinski definition) is 5. The molecule has 1 aliphatic heterocycles. The molecule has 0 aliphatic carbocycles. The van der Waals surface area contributed by atoms with Gasteiger partial charge in [-0.25, -0.2) is 8.42 Å². The lowest BCUT2D eigenvalue weighted by molar-refractivity contribution is -0.114. The highest BCUT2D eigenvalue weighted by molar-refractivity contribution is 7.89. The summed E-state index contributed by atoms with van der Waals surface area (Å²) in [4.78, 5) is 13.8. The molecule has 0 spiro atoms. The van der Waals surface area contributed by atoms with Crippen molar-refractivity contribution in [2.75, 3.05) is 45.2 Å². The molecule has 7 nitrogen and oxygen atoms in total. The Morgan fingerprint density at radius 3 is 2.42 bits per heavy atom. The highest BCUT2D eigenvalue weighted by Gasteiger charge is 2.29. The summed E-state index contributed by atoms with van der Waals surface area (Å²) in [7, 11) is -2.12. The summed E-state index contributed by atoms with van der Waals surface area (Å²) < 4.78 is 32.6. The van der Waals surface area contributed by atoms with E-state index in [1.54, 1.807) is 6.07 Å². The number of piperazine rings is 1. The number of sulfonamides is 1. The highest BCUT2D eigenvalue weighted by atomic mass is 32.2. The Morgan fingerprint density at radius 1 is 1.23 bits per heavy atom. The van der Waals surface area contributed by atoms with Crippen LogP contribution in [-0.4, -0.2) is 63.4 Å². The van der Waals surface area contributed by atoms with E-state index in [4.69, 9.17) is 4.74 Å². The van der Waals surface area contributed by atoms with E-state index in [2.05, 4.69) is 24.1 Å². The molecule has 0 bridgehead atoms. The first-order valence-electron chi connectivity index (χ1n) is 8.92. The zero-order chi connectivity index (χ0) is 19.3. The van der Waals surface area contributed by atoms with Crippen LogP contribution in [0.1, 0.15) is 27.2 Å². The quantitative estimate of drug-likeness (QED) is 0.779. The van der Waals surface area contributed by atoms with Gasteiger partial charge in [-0.05, 0) is 37.1 Å². The molecule has 0 radical (unpaired) electrons. The molecule has 1 saturated heterocycles. The molecule has 2 rings (SSSR count). The van der Waals surface area contributed by atoms with Gasteiger partial charge >= 0.3 is 0 Å². The molecule has 0 atom stereocenters. The van der Waals surface area contributed by atoms with Crippen molar-refractivity contribution in [2.45, 2.75) is 32.1 Å². The minimum Gasteiger partial charge on any atom is -0.495 e. The highest BCUT2D eigenvalue weighted by Crippen LogP contribution is 2.29. The van der Waals surface area contributed by atoms with Crippen LogP contribution in [0.4, 0.5) is 5.69 Å². The topological polar surface area (TPSA) is 79.0 Å². The molecule has 1 aromatic carbocycles. The minimum atomic E-state index is -3.60. The summed E-state index contributed by atoms with van der Waals surface area (Å²) in [6.07, 6.45) is 1.12. The summed E-state index contributed by atoms with van der Waals surface area (Å²) in [5.41, 5.74) is 0.358. The number of nitrogens with one attached hydrogen (secondary N) is 1. The molecule has 1 fully saturated rings. The predicted molar refractivity (Wildman–Crippen MR) is 102 cm³/mol. The maximum atomic E-state index is 13.0. The molecular weight excluding hydrogens is 354 g/mol. The van der Waals surface area contributed by atoms with Gasteiger partial charge in [0.05, 0.1) is 17.7 Å². The van der Waals surface area contributed by atoms with E-state index in [0.29, 0.717) is 30.4 Å². The molecule has 0 unspecified atom stereocenters. The van der Waals surface area contributed by atoms with E-state index in [1.807, 2.05) is 0 Å². The van der Waals surface area contributed by atoms with Gasteiger partial charge < -0.3 is 15.0 Å². The van der Waals surface area contributed by atoms with Gasteiger partial charge in [0.25, 0.3) is 0 Å². The van der Waals surface area contributed by atoms with Gasteiger partial charge in [0.1, 0.15) is 5.75 Å². The average molecular weight is 384 g/mol. The normalized spacial score (nSPS) is 16.7. The van der Waals surface area contributed by atoms with Gasteiger partial charge in [-0.1, -0.05) is 13.8 Å². The Balaban J connectivity index is 2.12. The Bertz CT molecular complexity index is 726. The summed E-state index contributed by atoms with van der Waals surface area (Å²) in [5, 5.41) is 2.62. The lowest BCUT2D eigenvalue weighted by Crippen LogP contribution is -2.48. The van der Waals surface area contributed by atoms with Crippen LogP contribution in [0, 0.1) is 5.92 Å². The first-order valence-corrected chi connectivity index (χ1v) is 10.4. The molecule has 26 heavy (non-hydrogen) atoms. The summed E-state index contributed by atoms with van der Waals surface area (Å²) in [6, 6.07) is 4.54. The van der Waals surface area contributed by atoms with Crippen LogP contribution in [0.5, 0.6) is 5.75 Å². The van der Waals surface area contributed by atoms with Gasteiger partial charge in [-0.15, -0.1) is 0 Å². The Morgan fingerprint density at radius 2 is 1.88 bits per heavy atom. The molecular formula is C18H29N3O4S. The third-order valence-electron chi connectivity index (χ3n) is 4.47. The van der Waals surface area contributed by atoms with Crippen molar-refractivity contribution in [3.05, 3.63) is 18.2 Å². The number of hydrogen-bond donors (Lipinski definition) is 1. The fraction of sp³-hybridized carbons (Fsp3) is 0.611. The van der Waals surface area contributed by atoms with Crippen molar-refractivity contribution in [1.29, 1.82) is 0 Å². The van der Waals surface area contributed by atoms with Crippen molar-refractivity contribution in [2.24, 2.45) is 5.92 Å². The molecule has 1 heterocycles. The number of methoxy groups -OCH3 is 1. The fourth-order valence-corrected chi connectivity index (χ4v) is 4.37. The van der Waals surface area contributed by atoms with Crippen molar-refractivity contribution < 1.29 is 17.9 Å². The largest absolute Gasteiger partial charge is 0.495 e. The van der Waals surface area contributed by atoms with Gasteiger partial charge in [0, 0.05) is 33.1 Å². The Labute approximate surface area is 156 Å². The third-order valence-corrected chi connectivity index (χ3v) is 6.37. The van der Waals surface area contributed by atoms with Gasteiger partial charge in [-0.2, -0.15) is 4.31 Å². The standard InChI is InChI=1S/C18H29N3O4S/c1-14(2)7-8-20-9-11-21(12-10-20)26(23,24)16-5-6-18(25-4)17(13-16)19-15(3)22/h5-6,13-14H,7-12H2,1-4H3,(H,19,22). The zero-order valence-electron chi connectivity index (χ0n) is 16.0. The van der Waals surface area contributed by atoms with E-state index < -0.39 is 10.0 Å². The second-order valence-electron chi connectivity index (χ2n) is 6.97. The van der Waals surface area contributed by atoms with Crippen LogP contribution in [-0.2, 0) is 14.8 Å². The third kappa shape index (κ3) is 5.18. The van der Waals surface area contributed by atoms with E-state index in [-0.39, 0.29) is 10.8 Å². The lowest BCUT2D eigenvalue weighted by Gasteiger charge is -2.34. The van der Waals surface area contributed by atoms with E-state index in [9.17, 15) is 13.2 Å². The average Bonchev–Trinajstić information content (AvgIpc) is 2.59. The molecule has 0 aromatic heterocycles. The van der Waals surface area contributed by atoms with Gasteiger partial charge in [0.2, 0.25) is 15.9 Å². The van der Waals surface area contributed by atoms with E-state index in [0.717, 1.165) is 26.1 Å². The molecule has 1 aromatic rings. The number of nitrogens with zero attached hydrogens (tertiary/aromatic N) is 2. The number of carbonyl (C=O) groups excluding carboxylic acids is 1. The van der Waals surface area contributed by atoms with E-state index >= 15 is 0 Å². The number of carbonyl (C=O) groups is 1. The first-order chi connectivity index (χ1) is 12.2. The molecule has 1 amide bonds. The van der Waals surface area contributed by atoms with Gasteiger partial charge in [0.15, 0.2) is 0 Å². The zero-order valence-corrected chi connectivity index (χ0v) is 16.8. The molecule has 1 N–H and O–H groups in total. The molecule has 8 heteroatoms. The minimum absolute atomic E-state index is 0.165. The van der Waals surface area contributed by atoms with Crippen molar-refractivity contribution in [3.8, 4) is 5.75 Å². The summed E-state index contributed by atoms with van der Waals surface area (Å²) in [5.74, 6) is 0.789. The monoisotopic (exact) mass is 383 g/mol. The van der Waals surface area contributed by atoms with Crippen molar-refractivity contribution in [1.82, 2.24) is 9.21 Å². The smallest absolute Gasteiger partial charge is 0.243 e. The molecule has 0 saturated carbocycles. The number of benzene rings is 1. The number of ether oxygens (including phenoxy) is 1.